The summed E-state index contributed by atoms with van der Waals surface area (Å²) in [6.45, 7) is 2.15. The Balaban J connectivity index is 1.97. The smallest absolute Gasteiger partial charge is 0.307 e. The van der Waals surface area contributed by atoms with Crippen LogP contribution < -0.4 is 10.5 Å². The minimum absolute atomic E-state index is 0.173. The molecule has 110 valence electrons. The molecule has 4 heteroatoms. The lowest BCUT2D eigenvalue weighted by molar-refractivity contribution is -0.143. The molecule has 0 aliphatic heterocycles. The van der Waals surface area contributed by atoms with Crippen molar-refractivity contribution in [3.8, 4) is 11.5 Å². The lowest BCUT2D eigenvalue weighted by Crippen LogP contribution is -2.17. The van der Waals surface area contributed by atoms with Crippen molar-refractivity contribution in [2.45, 2.75) is 19.4 Å². The predicted molar refractivity (Wildman–Crippen MR) is 81.1 cm³/mol. The van der Waals surface area contributed by atoms with Crippen LogP contribution in [-0.2, 0) is 9.53 Å². The van der Waals surface area contributed by atoms with E-state index < -0.39 is 0 Å². The molecule has 0 amide bonds. The van der Waals surface area contributed by atoms with Gasteiger partial charge in [-0.15, -0.1) is 0 Å². The first-order valence-electron chi connectivity index (χ1n) is 6.93. The van der Waals surface area contributed by atoms with Gasteiger partial charge in [-0.2, -0.15) is 0 Å². The zero-order valence-electron chi connectivity index (χ0n) is 12.0. The summed E-state index contributed by atoms with van der Waals surface area (Å²) in [5.74, 6) is 1.23. The zero-order valence-corrected chi connectivity index (χ0v) is 12.0. The fraction of sp³-hybridized carbons (Fsp3) is 0.235. The van der Waals surface area contributed by atoms with Crippen molar-refractivity contribution in [1.29, 1.82) is 0 Å². The van der Waals surface area contributed by atoms with Gasteiger partial charge in [0.2, 0.25) is 0 Å². The van der Waals surface area contributed by atoms with Crippen LogP contribution in [0.1, 0.15) is 24.9 Å². The largest absolute Gasteiger partial charge is 0.466 e. The van der Waals surface area contributed by atoms with Gasteiger partial charge in [0.25, 0.3) is 0 Å². The van der Waals surface area contributed by atoms with E-state index in [1.807, 2.05) is 54.6 Å². The summed E-state index contributed by atoms with van der Waals surface area (Å²) in [6, 6.07) is 16.6. The lowest BCUT2D eigenvalue weighted by Gasteiger charge is -2.12. The van der Waals surface area contributed by atoms with E-state index in [9.17, 15) is 4.79 Å². The van der Waals surface area contributed by atoms with Crippen molar-refractivity contribution >= 4 is 5.97 Å². The van der Waals surface area contributed by atoms with Crippen LogP contribution in [0.2, 0.25) is 0 Å². The second-order valence-corrected chi connectivity index (χ2v) is 4.60. The van der Waals surface area contributed by atoms with Crippen molar-refractivity contribution in [3.63, 3.8) is 0 Å². The molecular weight excluding hydrogens is 266 g/mol. The van der Waals surface area contributed by atoms with E-state index in [1.54, 1.807) is 6.92 Å². The summed E-state index contributed by atoms with van der Waals surface area (Å²) in [5.41, 5.74) is 6.87. The summed E-state index contributed by atoms with van der Waals surface area (Å²) in [5, 5.41) is 0. The molecule has 0 radical (unpaired) electrons. The first-order valence-corrected chi connectivity index (χ1v) is 6.93. The number of nitrogens with two attached hydrogens (primary N) is 1. The van der Waals surface area contributed by atoms with Gasteiger partial charge in [0.15, 0.2) is 0 Å². The SMILES string of the molecule is CCOC(=O)C[C@@H](N)c1ccc(Oc2ccccc2)cc1. The Morgan fingerprint density at radius 2 is 1.67 bits per heavy atom. The third kappa shape index (κ3) is 4.61. The van der Waals surface area contributed by atoms with E-state index in [0.717, 1.165) is 17.1 Å². The number of para-hydroxylation sites is 1. The van der Waals surface area contributed by atoms with Crippen LogP contribution in [0.3, 0.4) is 0 Å². The van der Waals surface area contributed by atoms with E-state index in [0.29, 0.717) is 6.61 Å². The maximum atomic E-state index is 11.4. The van der Waals surface area contributed by atoms with Crippen LogP contribution in [0.15, 0.2) is 54.6 Å². The molecular formula is C17H19NO3. The fourth-order valence-corrected chi connectivity index (χ4v) is 1.93. The quantitative estimate of drug-likeness (QED) is 0.826. The number of carbonyl (C=O) groups is 1. The van der Waals surface area contributed by atoms with Gasteiger partial charge in [-0.1, -0.05) is 30.3 Å². The maximum Gasteiger partial charge on any atom is 0.307 e. The highest BCUT2D eigenvalue weighted by Gasteiger charge is 2.12. The molecule has 21 heavy (non-hydrogen) atoms. The van der Waals surface area contributed by atoms with Gasteiger partial charge < -0.3 is 15.2 Å². The average Bonchev–Trinajstić information content (AvgIpc) is 2.49. The van der Waals surface area contributed by atoms with Gasteiger partial charge >= 0.3 is 5.97 Å². The molecule has 4 nitrogen and oxygen atoms in total. The second kappa shape index (κ2) is 7.45. The van der Waals surface area contributed by atoms with Crippen LogP contribution >= 0.6 is 0 Å². The molecule has 2 aromatic rings. The Kier molecular flexibility index (Phi) is 5.35. The molecule has 0 bridgehead atoms. The zero-order chi connectivity index (χ0) is 15.1. The Morgan fingerprint density at radius 3 is 2.29 bits per heavy atom. The molecule has 0 fully saturated rings. The Morgan fingerprint density at radius 1 is 1.05 bits per heavy atom. The normalized spacial score (nSPS) is 11.7. The Hall–Kier alpha value is -2.33. The van der Waals surface area contributed by atoms with Crippen LogP contribution in [0, 0.1) is 0 Å². The van der Waals surface area contributed by atoms with Crippen molar-refractivity contribution in [2.24, 2.45) is 5.73 Å². The first-order chi connectivity index (χ1) is 10.2. The van der Waals surface area contributed by atoms with Crippen molar-refractivity contribution in [2.75, 3.05) is 6.61 Å². The number of hydrogen-bond donors (Lipinski definition) is 1. The topological polar surface area (TPSA) is 61.5 Å². The summed E-state index contributed by atoms with van der Waals surface area (Å²) in [6.07, 6.45) is 0.173. The molecule has 0 aromatic heterocycles. The van der Waals surface area contributed by atoms with Crippen LogP contribution in [0.4, 0.5) is 0 Å². The van der Waals surface area contributed by atoms with Crippen LogP contribution in [-0.4, -0.2) is 12.6 Å². The van der Waals surface area contributed by atoms with Crippen LogP contribution in [0.25, 0.3) is 0 Å². The number of esters is 1. The number of rotatable bonds is 6. The third-order valence-corrected chi connectivity index (χ3v) is 2.98. The van der Waals surface area contributed by atoms with Gasteiger partial charge in [0.05, 0.1) is 13.0 Å². The molecule has 2 rings (SSSR count). The van der Waals surface area contributed by atoms with E-state index in [2.05, 4.69) is 0 Å². The van der Waals surface area contributed by atoms with Crippen molar-refractivity contribution < 1.29 is 14.3 Å². The molecule has 1 atom stereocenters. The molecule has 2 N–H and O–H groups in total. The number of carbonyl (C=O) groups excluding carboxylic acids is 1. The molecule has 0 heterocycles. The minimum atomic E-state index is -0.366. The van der Waals surface area contributed by atoms with E-state index >= 15 is 0 Å². The number of ether oxygens (including phenoxy) is 2. The highest BCUT2D eigenvalue weighted by molar-refractivity contribution is 5.70. The van der Waals surface area contributed by atoms with Crippen molar-refractivity contribution in [3.05, 3.63) is 60.2 Å². The Labute approximate surface area is 124 Å². The second-order valence-electron chi connectivity index (χ2n) is 4.60. The monoisotopic (exact) mass is 285 g/mol. The first kappa shape index (κ1) is 15.1. The average molecular weight is 285 g/mol. The number of benzene rings is 2. The maximum absolute atomic E-state index is 11.4. The Bertz CT molecular complexity index is 566. The summed E-state index contributed by atoms with van der Waals surface area (Å²) < 4.78 is 10.6. The van der Waals surface area contributed by atoms with Gasteiger partial charge in [0, 0.05) is 6.04 Å². The molecule has 0 saturated carbocycles. The van der Waals surface area contributed by atoms with Gasteiger partial charge in [-0.3, -0.25) is 4.79 Å². The van der Waals surface area contributed by atoms with E-state index in [1.165, 1.54) is 0 Å². The van der Waals surface area contributed by atoms with Gasteiger partial charge in [-0.05, 0) is 36.8 Å². The van der Waals surface area contributed by atoms with Crippen molar-refractivity contribution in [1.82, 2.24) is 0 Å². The summed E-state index contributed by atoms with van der Waals surface area (Å²) in [4.78, 5) is 11.4. The minimum Gasteiger partial charge on any atom is -0.466 e. The molecule has 2 aromatic carbocycles. The third-order valence-electron chi connectivity index (χ3n) is 2.98. The van der Waals surface area contributed by atoms with Gasteiger partial charge in [0.1, 0.15) is 11.5 Å². The van der Waals surface area contributed by atoms with E-state index in [4.69, 9.17) is 15.2 Å². The highest BCUT2D eigenvalue weighted by Crippen LogP contribution is 2.23. The lowest BCUT2D eigenvalue weighted by atomic mass is 10.0. The summed E-state index contributed by atoms with van der Waals surface area (Å²) >= 11 is 0. The molecule has 0 aliphatic carbocycles. The molecule has 0 saturated heterocycles. The van der Waals surface area contributed by atoms with E-state index in [-0.39, 0.29) is 18.4 Å². The highest BCUT2D eigenvalue weighted by atomic mass is 16.5. The number of hydrogen-bond acceptors (Lipinski definition) is 4. The standard InChI is InChI=1S/C17H19NO3/c1-2-20-17(19)12-16(18)13-8-10-15(11-9-13)21-14-6-4-3-5-7-14/h3-11,16H,2,12,18H2,1H3/t16-/m1/s1. The predicted octanol–water partition coefficient (Wildman–Crippen LogP) is 3.43. The fourth-order valence-electron chi connectivity index (χ4n) is 1.93. The van der Waals surface area contributed by atoms with Crippen LogP contribution in [0.5, 0.6) is 11.5 Å². The van der Waals surface area contributed by atoms with Gasteiger partial charge in [-0.25, -0.2) is 0 Å². The molecule has 0 spiro atoms. The molecule has 0 aliphatic rings. The molecule has 0 unspecified atom stereocenters. The summed E-state index contributed by atoms with van der Waals surface area (Å²) in [7, 11) is 0.